The summed E-state index contributed by atoms with van der Waals surface area (Å²) in [5.74, 6) is 0. The number of aromatic nitrogens is 2. The molecule has 4 N–H and O–H groups in total. The van der Waals surface area contributed by atoms with Crippen LogP contribution in [0.25, 0.3) is 28.6 Å². The van der Waals surface area contributed by atoms with Gasteiger partial charge in [0, 0.05) is 31.6 Å². The summed E-state index contributed by atoms with van der Waals surface area (Å²) in [5, 5.41) is 12.1. The Bertz CT molecular complexity index is 1180. The first-order valence-electron chi connectivity index (χ1n) is 11.9. The fourth-order valence-electron chi connectivity index (χ4n) is 4.16. The molecule has 0 amide bonds. The van der Waals surface area contributed by atoms with Crippen molar-refractivity contribution in [3.8, 4) is 0 Å². The van der Waals surface area contributed by atoms with Gasteiger partial charge in [0.05, 0.1) is 11.2 Å². The van der Waals surface area contributed by atoms with Gasteiger partial charge in [-0.1, -0.05) is 74.2 Å². The van der Waals surface area contributed by atoms with Gasteiger partial charge in [0.2, 0.25) is 0 Å². The minimum absolute atomic E-state index is 0.479. The number of benzene rings is 2. The minimum atomic E-state index is 0.479. The van der Waals surface area contributed by atoms with E-state index in [1.165, 1.54) is 16.7 Å². The number of likely N-dealkylation sites (N-methyl/N-ethyl adjacent to an activating group) is 2. The molecule has 0 bridgehead atoms. The van der Waals surface area contributed by atoms with Gasteiger partial charge in [-0.05, 0) is 60.5 Å². The molecule has 0 aliphatic carbocycles. The molecule has 1 heterocycles. The van der Waals surface area contributed by atoms with E-state index >= 15 is 0 Å². The Morgan fingerprint density at radius 1 is 1.24 bits per heavy atom. The van der Waals surface area contributed by atoms with Crippen molar-refractivity contribution in [1.29, 1.82) is 0 Å². The maximum atomic E-state index is 5.83. The summed E-state index contributed by atoms with van der Waals surface area (Å²) in [5.41, 5.74) is 13.7. The Kier molecular flexibility index (Phi) is 9.59. The zero-order valence-electron chi connectivity index (χ0n) is 20.6. The van der Waals surface area contributed by atoms with Crippen LogP contribution in [0.4, 0.5) is 0 Å². The normalized spacial score (nSPS) is 12.6. The lowest BCUT2D eigenvalue weighted by Crippen LogP contribution is -2.30. The zero-order chi connectivity index (χ0) is 24.3. The molecule has 0 fully saturated rings. The van der Waals surface area contributed by atoms with Gasteiger partial charge in [-0.2, -0.15) is 5.10 Å². The quantitative estimate of drug-likeness (QED) is 0.330. The number of nitrogens with zero attached hydrogens (tertiary/aromatic N) is 2. The van der Waals surface area contributed by atoms with E-state index in [1.54, 1.807) is 6.08 Å². The van der Waals surface area contributed by atoms with E-state index in [1.807, 2.05) is 25.3 Å². The number of hydrogen-bond acceptors (Lipinski definition) is 4. The summed E-state index contributed by atoms with van der Waals surface area (Å²) in [4.78, 5) is 2.44. The monoisotopic (exact) mass is 455 g/mol. The topological polar surface area (TPSA) is 70.0 Å². The second-order valence-corrected chi connectivity index (χ2v) is 8.31. The number of aryl methyl sites for hydroxylation is 1. The molecule has 5 heteroatoms. The molecule has 0 radical (unpaired) electrons. The molecule has 1 aromatic heterocycles. The van der Waals surface area contributed by atoms with Crippen molar-refractivity contribution in [1.82, 2.24) is 20.4 Å². The number of fused-ring (bicyclic) bond motifs is 1. The van der Waals surface area contributed by atoms with Crippen LogP contribution >= 0.6 is 0 Å². The van der Waals surface area contributed by atoms with Gasteiger partial charge in [0.25, 0.3) is 0 Å². The number of H-pyrrole nitrogens is 1. The van der Waals surface area contributed by atoms with Gasteiger partial charge in [-0.3, -0.25) is 10.00 Å². The molecular formula is C29H37N5. The van der Waals surface area contributed by atoms with Crippen LogP contribution < -0.4 is 11.1 Å². The van der Waals surface area contributed by atoms with E-state index < -0.39 is 0 Å². The Hall–Kier alpha value is -3.25. The molecule has 34 heavy (non-hydrogen) atoms. The van der Waals surface area contributed by atoms with Crippen molar-refractivity contribution in [2.75, 3.05) is 33.2 Å². The van der Waals surface area contributed by atoms with Crippen LogP contribution in [0.5, 0.6) is 0 Å². The molecule has 3 aromatic rings. The second-order valence-electron chi connectivity index (χ2n) is 8.31. The standard InChI is InChI=1S/C29H37N5/c1-5-7-11-25(16-17-30)26-13-15-28-29(22(26)3)27(32-33-28)14-12-23-9-8-10-24(20-23)21-34(6-2)19-18-31-4/h5,7-16,20,31H,1,6,17-19,21,30H2,2-4H3,(H,32,33)/b11-7-,14-12+,25-16+. The lowest BCUT2D eigenvalue weighted by Gasteiger charge is -2.20. The lowest BCUT2D eigenvalue weighted by molar-refractivity contribution is 0.282. The first kappa shape index (κ1) is 25.4. The molecule has 0 unspecified atom stereocenters. The van der Waals surface area contributed by atoms with E-state index in [-0.39, 0.29) is 0 Å². The second kappa shape index (κ2) is 12.8. The molecule has 2 aromatic carbocycles. The van der Waals surface area contributed by atoms with Crippen LogP contribution in [0.2, 0.25) is 0 Å². The maximum Gasteiger partial charge on any atom is 0.0930 e. The highest BCUT2D eigenvalue weighted by Gasteiger charge is 2.11. The number of aromatic amines is 1. The zero-order valence-corrected chi connectivity index (χ0v) is 20.6. The van der Waals surface area contributed by atoms with E-state index in [0.717, 1.165) is 53.9 Å². The number of allylic oxidation sites excluding steroid dienone is 4. The predicted octanol–water partition coefficient (Wildman–Crippen LogP) is 5.17. The predicted molar refractivity (Wildman–Crippen MR) is 147 cm³/mol. The summed E-state index contributed by atoms with van der Waals surface area (Å²) < 4.78 is 0. The van der Waals surface area contributed by atoms with E-state index in [9.17, 15) is 0 Å². The molecule has 0 spiro atoms. The fourth-order valence-corrected chi connectivity index (χ4v) is 4.16. The Labute approximate surface area is 203 Å². The van der Waals surface area contributed by atoms with Gasteiger partial charge < -0.3 is 11.1 Å². The number of nitrogens with one attached hydrogen (secondary N) is 2. The number of hydrogen-bond donors (Lipinski definition) is 3. The number of nitrogens with two attached hydrogens (primary N) is 1. The molecule has 0 saturated heterocycles. The minimum Gasteiger partial charge on any atom is -0.327 e. The summed E-state index contributed by atoms with van der Waals surface area (Å²) in [6.45, 7) is 12.6. The van der Waals surface area contributed by atoms with Crippen LogP contribution in [-0.4, -0.2) is 48.3 Å². The first-order chi connectivity index (χ1) is 16.6. The summed E-state index contributed by atoms with van der Waals surface area (Å²) >= 11 is 0. The van der Waals surface area contributed by atoms with Crippen molar-refractivity contribution < 1.29 is 0 Å². The lowest BCUT2D eigenvalue weighted by atomic mass is 9.95. The Balaban J connectivity index is 1.89. The molecular weight excluding hydrogens is 418 g/mol. The van der Waals surface area contributed by atoms with E-state index in [2.05, 4.69) is 89.4 Å². The average Bonchev–Trinajstić information content (AvgIpc) is 3.27. The van der Waals surface area contributed by atoms with Gasteiger partial charge in [0.15, 0.2) is 0 Å². The van der Waals surface area contributed by atoms with Crippen molar-refractivity contribution in [2.24, 2.45) is 5.73 Å². The third kappa shape index (κ3) is 6.41. The molecule has 0 atom stereocenters. The van der Waals surface area contributed by atoms with Gasteiger partial charge in [0.1, 0.15) is 0 Å². The highest BCUT2D eigenvalue weighted by molar-refractivity contribution is 5.95. The highest BCUT2D eigenvalue weighted by atomic mass is 15.1. The maximum absolute atomic E-state index is 5.83. The van der Waals surface area contributed by atoms with Crippen molar-refractivity contribution >= 4 is 28.6 Å². The van der Waals surface area contributed by atoms with E-state index in [0.29, 0.717) is 6.54 Å². The van der Waals surface area contributed by atoms with Crippen LogP contribution in [-0.2, 0) is 6.54 Å². The molecule has 0 aliphatic rings. The van der Waals surface area contributed by atoms with E-state index in [4.69, 9.17) is 5.73 Å². The van der Waals surface area contributed by atoms with Crippen LogP contribution in [0.3, 0.4) is 0 Å². The fraction of sp³-hybridized carbons (Fsp3) is 0.276. The number of rotatable bonds is 12. The Morgan fingerprint density at radius 3 is 2.82 bits per heavy atom. The Morgan fingerprint density at radius 2 is 2.09 bits per heavy atom. The molecule has 5 nitrogen and oxygen atoms in total. The molecule has 178 valence electrons. The SMILES string of the molecule is C=C/C=C\C(=C/CN)c1ccc2[nH]nc(/C=C/c3cccc(CN(CC)CCNC)c3)c2c1C. The summed E-state index contributed by atoms with van der Waals surface area (Å²) in [6, 6.07) is 12.9. The first-order valence-corrected chi connectivity index (χ1v) is 11.9. The molecule has 0 aliphatic heterocycles. The van der Waals surface area contributed by atoms with Crippen LogP contribution in [0, 0.1) is 6.92 Å². The van der Waals surface area contributed by atoms with Gasteiger partial charge in [-0.15, -0.1) is 0 Å². The molecule has 3 rings (SSSR count). The van der Waals surface area contributed by atoms with Crippen LogP contribution in [0.1, 0.15) is 34.9 Å². The largest absolute Gasteiger partial charge is 0.327 e. The van der Waals surface area contributed by atoms with Crippen LogP contribution in [0.15, 0.2) is 67.3 Å². The van der Waals surface area contributed by atoms with Gasteiger partial charge >= 0.3 is 0 Å². The summed E-state index contributed by atoms with van der Waals surface area (Å²) in [6.07, 6.45) is 12.0. The summed E-state index contributed by atoms with van der Waals surface area (Å²) in [7, 11) is 2.00. The van der Waals surface area contributed by atoms with Crippen molar-refractivity contribution in [3.63, 3.8) is 0 Å². The third-order valence-electron chi connectivity index (χ3n) is 5.99. The van der Waals surface area contributed by atoms with Crippen molar-refractivity contribution in [3.05, 3.63) is 95.2 Å². The average molecular weight is 456 g/mol. The molecule has 0 saturated carbocycles. The smallest absolute Gasteiger partial charge is 0.0930 e. The van der Waals surface area contributed by atoms with Gasteiger partial charge in [-0.25, -0.2) is 0 Å². The highest BCUT2D eigenvalue weighted by Crippen LogP contribution is 2.29. The third-order valence-corrected chi connectivity index (χ3v) is 5.99. The van der Waals surface area contributed by atoms with Crippen molar-refractivity contribution in [2.45, 2.75) is 20.4 Å².